The minimum atomic E-state index is -0.432. The van der Waals surface area contributed by atoms with Gasteiger partial charge in [0.25, 0.3) is 5.91 Å². The Balaban J connectivity index is 1.66. The molecule has 0 radical (unpaired) electrons. The molecule has 2 heterocycles. The lowest BCUT2D eigenvalue weighted by molar-refractivity contribution is -0.143. The quantitative estimate of drug-likeness (QED) is 0.824. The zero-order valence-corrected chi connectivity index (χ0v) is 14.1. The minimum Gasteiger partial charge on any atom is -0.484 e. The van der Waals surface area contributed by atoms with Gasteiger partial charge in [-0.2, -0.15) is 0 Å². The van der Waals surface area contributed by atoms with Crippen molar-refractivity contribution in [3.05, 3.63) is 41.9 Å². The Morgan fingerprint density at radius 2 is 2.12 bits per heavy atom. The summed E-state index contributed by atoms with van der Waals surface area (Å²) in [5, 5.41) is 8.06. The van der Waals surface area contributed by atoms with Gasteiger partial charge in [-0.25, -0.2) is 4.39 Å². The normalized spacial score (nSPS) is 17.8. The van der Waals surface area contributed by atoms with E-state index in [0.717, 1.165) is 0 Å². The van der Waals surface area contributed by atoms with E-state index in [1.54, 1.807) is 4.90 Å². The molecule has 1 aliphatic heterocycles. The Kier molecular flexibility index (Phi) is 5.28. The Morgan fingerprint density at radius 3 is 2.80 bits per heavy atom. The number of aromatic nitrogens is 2. The molecule has 2 aromatic rings. The molecule has 1 fully saturated rings. The van der Waals surface area contributed by atoms with Crippen LogP contribution in [0.2, 0.25) is 0 Å². The van der Waals surface area contributed by atoms with Crippen molar-refractivity contribution < 1.29 is 23.1 Å². The number of hydrogen-bond acceptors (Lipinski definition) is 6. The molecule has 0 N–H and O–H groups in total. The number of ether oxygens (including phenoxy) is 2. The number of nitrogens with zero attached hydrogens (tertiary/aromatic N) is 3. The van der Waals surface area contributed by atoms with E-state index >= 15 is 0 Å². The average molecular weight is 349 g/mol. The summed E-state index contributed by atoms with van der Waals surface area (Å²) in [7, 11) is 0. The molecule has 0 unspecified atom stereocenters. The molecule has 1 amide bonds. The van der Waals surface area contributed by atoms with Gasteiger partial charge in [-0.3, -0.25) is 4.79 Å². The number of amides is 1. The fraction of sp³-hybridized carbons (Fsp3) is 0.471. The number of morpholine rings is 1. The van der Waals surface area contributed by atoms with Gasteiger partial charge in [-0.1, -0.05) is 13.8 Å². The molecule has 1 aliphatic rings. The molecule has 3 rings (SSSR count). The van der Waals surface area contributed by atoms with Gasteiger partial charge in [0.1, 0.15) is 17.6 Å². The maximum atomic E-state index is 12.9. The molecule has 1 aromatic carbocycles. The molecular weight excluding hydrogens is 329 g/mol. The Hall–Kier alpha value is -2.48. The lowest BCUT2D eigenvalue weighted by Crippen LogP contribution is -2.45. The van der Waals surface area contributed by atoms with Crippen molar-refractivity contribution in [3.8, 4) is 5.75 Å². The first-order valence-corrected chi connectivity index (χ1v) is 8.13. The molecule has 25 heavy (non-hydrogen) atoms. The first-order chi connectivity index (χ1) is 12.0. The third-order valence-electron chi connectivity index (χ3n) is 3.86. The third kappa shape index (κ3) is 4.14. The highest BCUT2D eigenvalue weighted by atomic mass is 19.1. The van der Waals surface area contributed by atoms with Crippen molar-refractivity contribution in [2.45, 2.75) is 25.8 Å². The van der Waals surface area contributed by atoms with Crippen LogP contribution in [0.25, 0.3) is 0 Å². The highest BCUT2D eigenvalue weighted by molar-refractivity contribution is 5.78. The smallest absolute Gasteiger partial charge is 0.261 e. The summed E-state index contributed by atoms with van der Waals surface area (Å²) < 4.78 is 29.5. The van der Waals surface area contributed by atoms with Crippen LogP contribution in [0.3, 0.4) is 0 Å². The van der Waals surface area contributed by atoms with Crippen molar-refractivity contribution >= 4 is 5.91 Å². The zero-order chi connectivity index (χ0) is 17.8. The summed E-state index contributed by atoms with van der Waals surface area (Å²) in [5.41, 5.74) is 0. The molecule has 0 spiro atoms. The maximum absolute atomic E-state index is 12.9. The van der Waals surface area contributed by atoms with Crippen LogP contribution in [0.4, 0.5) is 4.39 Å². The minimum absolute atomic E-state index is 0.108. The van der Waals surface area contributed by atoms with Gasteiger partial charge >= 0.3 is 0 Å². The van der Waals surface area contributed by atoms with Crippen LogP contribution in [0.1, 0.15) is 37.6 Å². The monoisotopic (exact) mass is 349 g/mol. The van der Waals surface area contributed by atoms with E-state index in [2.05, 4.69) is 10.2 Å². The second-order valence-corrected chi connectivity index (χ2v) is 6.05. The van der Waals surface area contributed by atoms with Crippen molar-refractivity contribution in [2.24, 2.45) is 0 Å². The number of benzene rings is 1. The summed E-state index contributed by atoms with van der Waals surface area (Å²) in [6, 6.07) is 5.09. The number of hydrogen-bond donors (Lipinski definition) is 0. The Morgan fingerprint density at radius 1 is 1.36 bits per heavy atom. The van der Waals surface area contributed by atoms with Crippen LogP contribution in [0.5, 0.6) is 5.75 Å². The van der Waals surface area contributed by atoms with Crippen molar-refractivity contribution in [1.82, 2.24) is 15.1 Å². The highest BCUT2D eigenvalue weighted by Crippen LogP contribution is 2.25. The van der Waals surface area contributed by atoms with E-state index in [-0.39, 0.29) is 24.2 Å². The predicted octanol–water partition coefficient (Wildman–Crippen LogP) is 2.31. The van der Waals surface area contributed by atoms with Crippen LogP contribution in [-0.4, -0.2) is 47.4 Å². The lowest BCUT2D eigenvalue weighted by atomic mass is 10.2. The second-order valence-electron chi connectivity index (χ2n) is 6.05. The van der Waals surface area contributed by atoms with E-state index in [0.29, 0.717) is 37.3 Å². The van der Waals surface area contributed by atoms with E-state index in [1.807, 2.05) is 13.8 Å². The molecule has 1 aromatic heterocycles. The summed E-state index contributed by atoms with van der Waals surface area (Å²) in [4.78, 5) is 14.2. The molecule has 134 valence electrons. The van der Waals surface area contributed by atoms with E-state index in [1.165, 1.54) is 24.3 Å². The largest absolute Gasteiger partial charge is 0.484 e. The fourth-order valence-electron chi connectivity index (χ4n) is 2.48. The van der Waals surface area contributed by atoms with Crippen molar-refractivity contribution in [3.63, 3.8) is 0 Å². The van der Waals surface area contributed by atoms with E-state index < -0.39 is 6.04 Å². The number of carbonyl (C=O) groups excluding carboxylic acids is 1. The topological polar surface area (TPSA) is 77.7 Å². The molecule has 0 bridgehead atoms. The Labute approximate surface area is 144 Å². The second kappa shape index (κ2) is 7.60. The standard InChI is InChI=1S/C17H20FN3O4/c1-11(2)16-19-20-17(25-16)14-9-23-8-7-21(14)15(22)10-24-13-5-3-12(18)4-6-13/h3-6,11,14H,7-10H2,1-2H3/t14-/m0/s1. The first-order valence-electron chi connectivity index (χ1n) is 8.13. The van der Waals surface area contributed by atoms with Crippen molar-refractivity contribution in [1.29, 1.82) is 0 Å². The molecule has 0 aliphatic carbocycles. The van der Waals surface area contributed by atoms with Crippen LogP contribution < -0.4 is 4.74 Å². The van der Waals surface area contributed by atoms with Crippen LogP contribution in [0, 0.1) is 5.82 Å². The SMILES string of the molecule is CC(C)c1nnc([C@@H]2COCCN2C(=O)COc2ccc(F)cc2)o1. The zero-order valence-electron chi connectivity index (χ0n) is 14.1. The van der Waals surface area contributed by atoms with Gasteiger partial charge in [-0.05, 0) is 24.3 Å². The molecule has 1 atom stereocenters. The summed E-state index contributed by atoms with van der Waals surface area (Å²) in [5.74, 6) is 0.844. The molecule has 0 saturated carbocycles. The maximum Gasteiger partial charge on any atom is 0.261 e. The average Bonchev–Trinajstić information content (AvgIpc) is 3.11. The van der Waals surface area contributed by atoms with E-state index in [4.69, 9.17) is 13.9 Å². The predicted molar refractivity (Wildman–Crippen MR) is 85.6 cm³/mol. The van der Waals surface area contributed by atoms with Gasteiger partial charge in [-0.15, -0.1) is 10.2 Å². The van der Waals surface area contributed by atoms with Gasteiger partial charge in [0, 0.05) is 12.5 Å². The van der Waals surface area contributed by atoms with E-state index in [9.17, 15) is 9.18 Å². The molecule has 8 heteroatoms. The van der Waals surface area contributed by atoms with Gasteiger partial charge < -0.3 is 18.8 Å². The van der Waals surface area contributed by atoms with Crippen LogP contribution >= 0.6 is 0 Å². The first kappa shape index (κ1) is 17.3. The molecule has 1 saturated heterocycles. The third-order valence-corrected chi connectivity index (χ3v) is 3.86. The van der Waals surface area contributed by atoms with Gasteiger partial charge in [0.15, 0.2) is 6.61 Å². The lowest BCUT2D eigenvalue weighted by Gasteiger charge is -2.33. The van der Waals surface area contributed by atoms with Crippen LogP contribution in [-0.2, 0) is 9.53 Å². The number of carbonyl (C=O) groups is 1. The summed E-state index contributed by atoms with van der Waals surface area (Å²) >= 11 is 0. The van der Waals surface area contributed by atoms with Crippen molar-refractivity contribution in [2.75, 3.05) is 26.4 Å². The Bertz CT molecular complexity index is 717. The number of rotatable bonds is 5. The fourth-order valence-corrected chi connectivity index (χ4v) is 2.48. The summed E-state index contributed by atoms with van der Waals surface area (Å²) in [6.07, 6.45) is 0. The molecular formula is C17H20FN3O4. The van der Waals surface area contributed by atoms with Gasteiger partial charge in [0.05, 0.1) is 13.2 Å². The highest BCUT2D eigenvalue weighted by Gasteiger charge is 2.33. The number of halogens is 1. The summed E-state index contributed by atoms with van der Waals surface area (Å²) in [6.45, 7) is 4.89. The van der Waals surface area contributed by atoms with Gasteiger partial charge in [0.2, 0.25) is 11.8 Å². The molecule has 7 nitrogen and oxygen atoms in total. The van der Waals surface area contributed by atoms with Crippen LogP contribution in [0.15, 0.2) is 28.7 Å².